The molecule has 0 N–H and O–H groups in total. The Hall–Kier alpha value is -1.92. The number of hydrogen-bond donors (Lipinski definition) is 0. The highest BCUT2D eigenvalue weighted by Crippen LogP contribution is 2.40. The van der Waals surface area contributed by atoms with Crippen molar-refractivity contribution in [2.24, 2.45) is 5.92 Å². The molecule has 0 spiro atoms. The molecule has 6 heteroatoms. The lowest BCUT2D eigenvalue weighted by atomic mass is 9.89. The van der Waals surface area contributed by atoms with Gasteiger partial charge in [0.2, 0.25) is 5.91 Å². The maximum absolute atomic E-state index is 12.9. The molecule has 0 radical (unpaired) electrons. The standard InChI is InChI=1S/C17H22N2O4/c1-3-9-19-15(13-7-5-4-6-8-13)14(12(2)23-19)16(20)18-10-11-22-17(18)21/h4-8,12,14-15H,3,9-11H2,1-2H3/t12-,14-,15+/m0/s1. The van der Waals surface area contributed by atoms with Gasteiger partial charge in [0.15, 0.2) is 0 Å². The predicted molar refractivity (Wildman–Crippen MR) is 83.3 cm³/mol. The first-order valence-electron chi connectivity index (χ1n) is 8.10. The normalized spacial score (nSPS) is 28.2. The lowest BCUT2D eigenvalue weighted by Gasteiger charge is -2.26. The van der Waals surface area contributed by atoms with Gasteiger partial charge in [-0.25, -0.2) is 9.69 Å². The van der Waals surface area contributed by atoms with Crippen molar-refractivity contribution in [3.8, 4) is 0 Å². The van der Waals surface area contributed by atoms with Gasteiger partial charge in [-0.2, -0.15) is 5.06 Å². The first kappa shape index (κ1) is 16.0. The molecular formula is C17H22N2O4. The highest BCUT2D eigenvalue weighted by molar-refractivity contribution is 5.95. The molecule has 3 rings (SSSR count). The molecule has 2 amide bonds. The second-order valence-electron chi connectivity index (χ2n) is 5.94. The summed E-state index contributed by atoms with van der Waals surface area (Å²) in [5, 5.41) is 1.88. The molecule has 124 valence electrons. The van der Waals surface area contributed by atoms with E-state index in [4.69, 9.17) is 9.57 Å². The summed E-state index contributed by atoms with van der Waals surface area (Å²) in [6.07, 6.45) is 0.0820. The number of carbonyl (C=O) groups is 2. The Labute approximate surface area is 135 Å². The lowest BCUT2D eigenvalue weighted by Crippen LogP contribution is -2.41. The second kappa shape index (κ2) is 6.68. The Bertz CT molecular complexity index is 577. The van der Waals surface area contributed by atoms with Gasteiger partial charge in [0.25, 0.3) is 0 Å². The van der Waals surface area contributed by atoms with E-state index >= 15 is 0 Å². The predicted octanol–water partition coefficient (Wildman–Crippen LogP) is 2.37. The van der Waals surface area contributed by atoms with Crippen LogP contribution < -0.4 is 0 Å². The van der Waals surface area contributed by atoms with Crippen LogP contribution in [0.2, 0.25) is 0 Å². The van der Waals surface area contributed by atoms with Gasteiger partial charge < -0.3 is 4.74 Å². The number of imide groups is 1. The number of cyclic esters (lactones) is 1. The fraction of sp³-hybridized carbons (Fsp3) is 0.529. The molecule has 2 heterocycles. The minimum atomic E-state index is -0.553. The van der Waals surface area contributed by atoms with Crippen molar-refractivity contribution in [2.75, 3.05) is 19.7 Å². The van der Waals surface area contributed by atoms with Gasteiger partial charge >= 0.3 is 6.09 Å². The van der Waals surface area contributed by atoms with Crippen LogP contribution in [-0.2, 0) is 14.4 Å². The van der Waals surface area contributed by atoms with E-state index in [1.165, 1.54) is 4.90 Å². The fourth-order valence-electron chi connectivity index (χ4n) is 3.33. The summed E-state index contributed by atoms with van der Waals surface area (Å²) in [6.45, 7) is 5.27. The van der Waals surface area contributed by atoms with Crippen molar-refractivity contribution in [3.63, 3.8) is 0 Å². The second-order valence-corrected chi connectivity index (χ2v) is 5.94. The van der Waals surface area contributed by atoms with Gasteiger partial charge in [-0.15, -0.1) is 0 Å². The Kier molecular flexibility index (Phi) is 4.63. The van der Waals surface area contributed by atoms with Crippen LogP contribution in [0.3, 0.4) is 0 Å². The summed E-state index contributed by atoms with van der Waals surface area (Å²) < 4.78 is 4.91. The fourth-order valence-corrected chi connectivity index (χ4v) is 3.33. The topological polar surface area (TPSA) is 59.1 Å². The molecule has 0 aliphatic carbocycles. The van der Waals surface area contributed by atoms with Gasteiger partial charge in [0.05, 0.1) is 24.6 Å². The molecule has 1 aromatic carbocycles. The average Bonchev–Trinajstić information content (AvgIpc) is 3.11. The molecule has 2 fully saturated rings. The van der Waals surface area contributed by atoms with Gasteiger partial charge in [-0.05, 0) is 18.9 Å². The molecule has 1 aromatic rings. The third-order valence-corrected chi connectivity index (χ3v) is 4.35. The van der Waals surface area contributed by atoms with Crippen molar-refractivity contribution < 1.29 is 19.2 Å². The van der Waals surface area contributed by atoms with Gasteiger partial charge in [-0.1, -0.05) is 37.3 Å². The van der Waals surface area contributed by atoms with E-state index in [9.17, 15) is 9.59 Å². The monoisotopic (exact) mass is 318 g/mol. The number of carbonyl (C=O) groups excluding carboxylic acids is 2. The molecule has 0 bridgehead atoms. The summed E-state index contributed by atoms with van der Waals surface area (Å²) in [7, 11) is 0. The van der Waals surface area contributed by atoms with Crippen molar-refractivity contribution in [2.45, 2.75) is 32.4 Å². The Morgan fingerprint density at radius 1 is 1.30 bits per heavy atom. The highest BCUT2D eigenvalue weighted by atomic mass is 16.7. The number of hydroxylamine groups is 2. The first-order chi connectivity index (χ1) is 11.1. The Morgan fingerprint density at radius 2 is 2.04 bits per heavy atom. The van der Waals surface area contributed by atoms with Crippen molar-refractivity contribution in [1.82, 2.24) is 9.96 Å². The molecule has 0 saturated carbocycles. The third-order valence-electron chi connectivity index (χ3n) is 4.35. The minimum Gasteiger partial charge on any atom is -0.447 e. The van der Waals surface area contributed by atoms with Crippen LogP contribution in [0.5, 0.6) is 0 Å². The summed E-state index contributed by atoms with van der Waals surface area (Å²) in [6, 6.07) is 9.66. The van der Waals surface area contributed by atoms with E-state index in [0.717, 1.165) is 18.5 Å². The number of ether oxygens (including phenoxy) is 1. The SMILES string of the molecule is CCCN1O[C@@H](C)[C@H](C(=O)N2CCOC2=O)[C@H]1c1ccccc1. The zero-order valence-electron chi connectivity index (χ0n) is 13.5. The van der Waals surface area contributed by atoms with Gasteiger partial charge in [0, 0.05) is 6.54 Å². The van der Waals surface area contributed by atoms with E-state index in [1.54, 1.807) is 0 Å². The molecular weight excluding hydrogens is 296 g/mol. The van der Waals surface area contributed by atoms with E-state index in [0.29, 0.717) is 6.54 Å². The lowest BCUT2D eigenvalue weighted by molar-refractivity contribution is -0.159. The first-order valence-corrected chi connectivity index (χ1v) is 8.10. The van der Waals surface area contributed by atoms with E-state index < -0.39 is 12.0 Å². The van der Waals surface area contributed by atoms with Crippen molar-refractivity contribution in [3.05, 3.63) is 35.9 Å². The molecule has 3 atom stereocenters. The summed E-state index contributed by atoms with van der Waals surface area (Å²) in [5.41, 5.74) is 1.02. The summed E-state index contributed by atoms with van der Waals surface area (Å²) >= 11 is 0. The van der Waals surface area contributed by atoms with Crippen LogP contribution in [0.4, 0.5) is 4.79 Å². The van der Waals surface area contributed by atoms with E-state index in [2.05, 4.69) is 6.92 Å². The molecule has 2 saturated heterocycles. The van der Waals surface area contributed by atoms with Crippen molar-refractivity contribution >= 4 is 12.0 Å². The van der Waals surface area contributed by atoms with Crippen LogP contribution in [0, 0.1) is 5.92 Å². The van der Waals surface area contributed by atoms with Crippen molar-refractivity contribution in [1.29, 1.82) is 0 Å². The molecule has 23 heavy (non-hydrogen) atoms. The van der Waals surface area contributed by atoms with E-state index in [1.807, 2.05) is 42.3 Å². The highest BCUT2D eigenvalue weighted by Gasteiger charge is 2.49. The molecule has 2 aliphatic heterocycles. The number of amides is 2. The molecule has 6 nitrogen and oxygen atoms in total. The number of benzene rings is 1. The minimum absolute atomic E-state index is 0.188. The Balaban J connectivity index is 1.92. The van der Waals surface area contributed by atoms with E-state index in [-0.39, 0.29) is 24.7 Å². The maximum Gasteiger partial charge on any atom is 0.416 e. The molecule has 2 aliphatic rings. The third kappa shape index (κ3) is 2.96. The number of nitrogens with zero attached hydrogens (tertiary/aromatic N) is 2. The largest absolute Gasteiger partial charge is 0.447 e. The summed E-state index contributed by atoms with van der Waals surface area (Å²) in [4.78, 5) is 31.8. The zero-order chi connectivity index (χ0) is 16.4. The van der Waals surface area contributed by atoms with Crippen LogP contribution >= 0.6 is 0 Å². The molecule has 0 unspecified atom stereocenters. The van der Waals surface area contributed by atoms with Crippen LogP contribution in [0.25, 0.3) is 0 Å². The summed E-state index contributed by atoms with van der Waals surface area (Å²) in [5.74, 6) is -0.637. The van der Waals surface area contributed by atoms with Crippen LogP contribution in [0.15, 0.2) is 30.3 Å². The smallest absolute Gasteiger partial charge is 0.416 e. The molecule has 0 aromatic heterocycles. The maximum atomic E-state index is 12.9. The van der Waals surface area contributed by atoms with Crippen LogP contribution in [0.1, 0.15) is 31.9 Å². The number of rotatable bonds is 4. The number of hydrogen-bond acceptors (Lipinski definition) is 5. The Morgan fingerprint density at radius 3 is 2.65 bits per heavy atom. The quantitative estimate of drug-likeness (QED) is 0.853. The van der Waals surface area contributed by atoms with Gasteiger partial charge in [0.1, 0.15) is 6.61 Å². The zero-order valence-corrected chi connectivity index (χ0v) is 13.5. The van der Waals surface area contributed by atoms with Gasteiger partial charge in [-0.3, -0.25) is 9.63 Å². The average molecular weight is 318 g/mol. The van der Waals surface area contributed by atoms with Crippen LogP contribution in [-0.4, -0.2) is 47.8 Å².